The molecule has 166 valence electrons. The third-order valence-corrected chi connectivity index (χ3v) is 6.29. The van der Waals surface area contributed by atoms with Gasteiger partial charge in [-0.25, -0.2) is 0 Å². The van der Waals surface area contributed by atoms with Crippen molar-refractivity contribution in [3.63, 3.8) is 0 Å². The molecule has 1 atom stereocenters. The van der Waals surface area contributed by atoms with E-state index in [4.69, 9.17) is 22.3 Å². The average Bonchev–Trinajstić information content (AvgIpc) is 2.70. The molecule has 0 aromatic carbocycles. The Morgan fingerprint density at radius 2 is 1.48 bits per heavy atom. The SMILES string of the molecule is N=C(N)NN(CCCC[C@H](C(=O)O)N(C1CCCCC1)C1CCCCC1)C(=N)N. The molecule has 0 spiro atoms. The summed E-state index contributed by atoms with van der Waals surface area (Å²) in [4.78, 5) is 14.6. The van der Waals surface area contributed by atoms with Crippen LogP contribution in [0.1, 0.15) is 83.5 Å². The number of carboxylic acids is 1. The van der Waals surface area contributed by atoms with Crippen LogP contribution in [0.4, 0.5) is 0 Å². The second-order valence-corrected chi connectivity index (χ2v) is 8.44. The first-order chi connectivity index (χ1) is 13.9. The number of hydrogen-bond donors (Lipinski definition) is 6. The van der Waals surface area contributed by atoms with Gasteiger partial charge in [0.05, 0.1) is 0 Å². The summed E-state index contributed by atoms with van der Waals surface area (Å²) < 4.78 is 0. The Labute approximate surface area is 174 Å². The second-order valence-electron chi connectivity index (χ2n) is 8.44. The van der Waals surface area contributed by atoms with E-state index in [0.29, 0.717) is 31.5 Å². The number of nitrogens with zero attached hydrogens (tertiary/aromatic N) is 2. The zero-order valence-corrected chi connectivity index (χ0v) is 17.5. The van der Waals surface area contributed by atoms with Gasteiger partial charge in [0, 0.05) is 18.6 Å². The molecule has 2 aliphatic carbocycles. The number of hydrazine groups is 1. The van der Waals surface area contributed by atoms with Crippen LogP contribution in [0.2, 0.25) is 0 Å². The first-order valence-electron chi connectivity index (χ1n) is 11.1. The Bertz CT molecular complexity index is 527. The van der Waals surface area contributed by atoms with Gasteiger partial charge in [0.1, 0.15) is 6.04 Å². The Hall–Kier alpha value is -2.03. The standard InChI is InChI=1S/C20H39N7O2/c21-19(22)25-26(20(23)24)14-8-7-13-17(18(28)29)27(15-9-3-1-4-10-15)16-11-5-2-6-12-16/h15-17H,1-14H2,(H3,23,24)(H,28,29)(H4,21,22,25)/t17-/m1/s1. The number of guanidine groups is 2. The highest BCUT2D eigenvalue weighted by molar-refractivity contribution is 5.80. The largest absolute Gasteiger partial charge is 0.480 e. The molecule has 0 heterocycles. The van der Waals surface area contributed by atoms with Gasteiger partial charge in [-0.3, -0.25) is 30.9 Å². The number of nitrogens with two attached hydrogens (primary N) is 2. The molecule has 0 aromatic rings. The van der Waals surface area contributed by atoms with Crippen LogP contribution in [-0.4, -0.2) is 57.6 Å². The molecule has 0 aliphatic heterocycles. The Kier molecular flexibility index (Phi) is 9.50. The quantitative estimate of drug-likeness (QED) is 0.147. The fourth-order valence-corrected chi connectivity index (χ4v) is 4.96. The van der Waals surface area contributed by atoms with Gasteiger partial charge in [-0.15, -0.1) is 0 Å². The van der Waals surface area contributed by atoms with Crippen molar-refractivity contribution in [2.45, 2.75) is 102 Å². The highest BCUT2D eigenvalue weighted by Crippen LogP contribution is 2.33. The second kappa shape index (κ2) is 11.8. The average molecular weight is 410 g/mol. The molecule has 29 heavy (non-hydrogen) atoms. The molecular formula is C20H39N7O2. The van der Waals surface area contributed by atoms with Crippen molar-refractivity contribution in [2.24, 2.45) is 11.5 Å². The number of carbonyl (C=O) groups is 1. The monoisotopic (exact) mass is 409 g/mol. The van der Waals surface area contributed by atoms with Crippen LogP contribution in [0.15, 0.2) is 0 Å². The Morgan fingerprint density at radius 3 is 1.90 bits per heavy atom. The molecule has 0 bridgehead atoms. The van der Waals surface area contributed by atoms with Gasteiger partial charge in [-0.2, -0.15) is 0 Å². The van der Waals surface area contributed by atoms with Crippen molar-refractivity contribution in [1.29, 1.82) is 10.8 Å². The van der Waals surface area contributed by atoms with E-state index in [1.165, 1.54) is 43.5 Å². The molecule has 2 aliphatic rings. The van der Waals surface area contributed by atoms with E-state index < -0.39 is 12.0 Å². The highest BCUT2D eigenvalue weighted by Gasteiger charge is 2.37. The molecular weight excluding hydrogens is 370 g/mol. The third kappa shape index (κ3) is 7.38. The van der Waals surface area contributed by atoms with E-state index >= 15 is 0 Å². The van der Waals surface area contributed by atoms with E-state index in [2.05, 4.69) is 10.3 Å². The summed E-state index contributed by atoms with van der Waals surface area (Å²) >= 11 is 0. The predicted octanol–water partition coefficient (Wildman–Crippen LogP) is 2.17. The lowest BCUT2D eigenvalue weighted by molar-refractivity contribution is -0.147. The topological polar surface area (TPSA) is 156 Å². The first kappa shape index (κ1) is 23.3. The van der Waals surface area contributed by atoms with E-state index in [9.17, 15) is 9.90 Å². The highest BCUT2D eigenvalue weighted by atomic mass is 16.4. The van der Waals surface area contributed by atoms with Crippen molar-refractivity contribution >= 4 is 17.9 Å². The minimum atomic E-state index is -0.716. The van der Waals surface area contributed by atoms with Crippen LogP contribution in [0.3, 0.4) is 0 Å². The predicted molar refractivity (Wildman–Crippen MR) is 115 cm³/mol. The molecule has 0 unspecified atom stereocenters. The zero-order valence-electron chi connectivity index (χ0n) is 17.5. The fourth-order valence-electron chi connectivity index (χ4n) is 4.96. The summed E-state index contributed by atoms with van der Waals surface area (Å²) in [6, 6.07) is 0.329. The number of aliphatic carboxylic acids is 1. The van der Waals surface area contributed by atoms with Crippen molar-refractivity contribution in [3.8, 4) is 0 Å². The number of carboxylic acid groups (broad SMARTS) is 1. The van der Waals surface area contributed by atoms with Gasteiger partial charge < -0.3 is 16.6 Å². The fraction of sp³-hybridized carbons (Fsp3) is 0.850. The summed E-state index contributed by atoms with van der Waals surface area (Å²) in [7, 11) is 0. The molecule has 2 fully saturated rings. The van der Waals surface area contributed by atoms with E-state index in [-0.39, 0.29) is 11.9 Å². The molecule has 9 heteroatoms. The maximum absolute atomic E-state index is 12.2. The lowest BCUT2D eigenvalue weighted by Gasteiger charge is -2.45. The molecule has 0 saturated heterocycles. The van der Waals surface area contributed by atoms with Crippen LogP contribution in [-0.2, 0) is 4.79 Å². The van der Waals surface area contributed by atoms with Crippen LogP contribution in [0.5, 0.6) is 0 Å². The zero-order chi connectivity index (χ0) is 21.2. The maximum atomic E-state index is 12.2. The summed E-state index contributed by atoms with van der Waals surface area (Å²) in [6.07, 6.45) is 13.7. The van der Waals surface area contributed by atoms with Gasteiger partial charge in [0.25, 0.3) is 0 Å². The lowest BCUT2D eigenvalue weighted by atomic mass is 9.86. The van der Waals surface area contributed by atoms with Crippen LogP contribution < -0.4 is 16.9 Å². The van der Waals surface area contributed by atoms with E-state index in [0.717, 1.165) is 32.1 Å². The molecule has 9 nitrogen and oxygen atoms in total. The summed E-state index contributed by atoms with van der Waals surface area (Å²) in [5, 5.41) is 26.2. The summed E-state index contributed by atoms with van der Waals surface area (Å²) in [5.41, 5.74) is 13.4. The number of nitrogens with one attached hydrogen (secondary N) is 3. The van der Waals surface area contributed by atoms with Gasteiger partial charge in [-0.1, -0.05) is 38.5 Å². The van der Waals surface area contributed by atoms with Crippen LogP contribution in [0, 0.1) is 10.8 Å². The summed E-state index contributed by atoms with van der Waals surface area (Å²) in [5.74, 6) is -1.20. The normalized spacial score (nSPS) is 19.6. The Balaban J connectivity index is 1.98. The van der Waals surface area contributed by atoms with E-state index in [1.54, 1.807) is 0 Å². The smallest absolute Gasteiger partial charge is 0.320 e. The first-order valence-corrected chi connectivity index (χ1v) is 11.1. The minimum absolute atomic E-state index is 0.207. The van der Waals surface area contributed by atoms with Crippen molar-refractivity contribution in [1.82, 2.24) is 15.3 Å². The van der Waals surface area contributed by atoms with Crippen molar-refractivity contribution in [3.05, 3.63) is 0 Å². The molecule has 0 amide bonds. The van der Waals surface area contributed by atoms with Gasteiger partial charge in [0.2, 0.25) is 11.9 Å². The number of rotatable bonds is 9. The molecule has 2 rings (SSSR count). The van der Waals surface area contributed by atoms with Gasteiger partial charge >= 0.3 is 5.97 Å². The number of unbranched alkanes of at least 4 members (excludes halogenated alkanes) is 1. The minimum Gasteiger partial charge on any atom is -0.480 e. The van der Waals surface area contributed by atoms with E-state index in [1.807, 2.05) is 0 Å². The van der Waals surface area contributed by atoms with Gasteiger partial charge in [0.15, 0.2) is 0 Å². The molecule has 0 aromatic heterocycles. The van der Waals surface area contributed by atoms with Crippen molar-refractivity contribution < 1.29 is 9.90 Å². The number of hydrogen-bond acceptors (Lipinski definition) is 4. The molecule has 0 radical (unpaired) electrons. The Morgan fingerprint density at radius 1 is 0.966 bits per heavy atom. The molecule has 2 saturated carbocycles. The maximum Gasteiger partial charge on any atom is 0.320 e. The van der Waals surface area contributed by atoms with Gasteiger partial charge in [-0.05, 0) is 44.9 Å². The lowest BCUT2D eigenvalue weighted by Crippen LogP contribution is -2.54. The van der Waals surface area contributed by atoms with Crippen LogP contribution >= 0.6 is 0 Å². The molecule has 8 N–H and O–H groups in total. The van der Waals surface area contributed by atoms with Crippen molar-refractivity contribution in [2.75, 3.05) is 6.54 Å². The van der Waals surface area contributed by atoms with Crippen LogP contribution in [0.25, 0.3) is 0 Å². The summed E-state index contributed by atoms with van der Waals surface area (Å²) in [6.45, 7) is 0.411. The third-order valence-electron chi connectivity index (χ3n) is 6.29.